The van der Waals surface area contributed by atoms with Crippen LogP contribution < -0.4 is 4.90 Å². The van der Waals surface area contributed by atoms with Gasteiger partial charge in [0, 0.05) is 0 Å². The van der Waals surface area contributed by atoms with E-state index in [9.17, 15) is 21.6 Å². The van der Waals surface area contributed by atoms with E-state index >= 15 is 0 Å². The van der Waals surface area contributed by atoms with E-state index in [4.69, 9.17) is 0 Å². The largest absolute Gasteiger partial charge is 0.417 e. The van der Waals surface area contributed by atoms with Gasteiger partial charge in [0.2, 0.25) is 10.0 Å². The van der Waals surface area contributed by atoms with E-state index < -0.39 is 26.7 Å². The summed E-state index contributed by atoms with van der Waals surface area (Å²) in [6.07, 6.45) is -2.61. The standard InChI is InChI=1S/C16H21F3N2O2S/c1-13(2)7-8-20-9-11-21(12-10-20)24(22,23)15-6-4-3-5-14(15)16(17,18)19/h3-7H,8-12H2,1-2H3/p+1. The number of rotatable bonds is 4. The fraction of sp³-hybridized carbons (Fsp3) is 0.500. The van der Waals surface area contributed by atoms with Gasteiger partial charge in [0.25, 0.3) is 0 Å². The van der Waals surface area contributed by atoms with Gasteiger partial charge in [0.05, 0.1) is 43.2 Å². The lowest BCUT2D eigenvalue weighted by Gasteiger charge is -2.31. The molecular formula is C16H22F3N2O2S+. The predicted molar refractivity (Wildman–Crippen MR) is 85.2 cm³/mol. The maximum absolute atomic E-state index is 13.1. The third kappa shape index (κ3) is 4.37. The van der Waals surface area contributed by atoms with Crippen molar-refractivity contribution in [2.45, 2.75) is 24.9 Å². The van der Waals surface area contributed by atoms with Crippen LogP contribution in [0.5, 0.6) is 0 Å². The van der Waals surface area contributed by atoms with Crippen LogP contribution in [-0.4, -0.2) is 45.4 Å². The molecule has 0 atom stereocenters. The van der Waals surface area contributed by atoms with Crippen LogP contribution in [0.4, 0.5) is 13.2 Å². The Morgan fingerprint density at radius 3 is 2.33 bits per heavy atom. The minimum absolute atomic E-state index is 0.223. The fourth-order valence-electron chi connectivity index (χ4n) is 2.66. The number of hydrogen-bond acceptors (Lipinski definition) is 2. The normalized spacial score (nSPS) is 17.7. The number of quaternary nitrogens is 1. The summed E-state index contributed by atoms with van der Waals surface area (Å²) in [5.74, 6) is 0. The molecule has 1 aromatic rings. The molecule has 0 aliphatic carbocycles. The number of halogens is 3. The first-order chi connectivity index (χ1) is 11.1. The van der Waals surface area contributed by atoms with Gasteiger partial charge in [0.15, 0.2) is 0 Å². The molecule has 1 aromatic carbocycles. The number of nitrogens with zero attached hydrogens (tertiary/aromatic N) is 1. The monoisotopic (exact) mass is 363 g/mol. The Morgan fingerprint density at radius 2 is 1.79 bits per heavy atom. The van der Waals surface area contributed by atoms with Gasteiger partial charge < -0.3 is 4.90 Å². The maximum atomic E-state index is 13.1. The van der Waals surface area contributed by atoms with Gasteiger partial charge in [-0.2, -0.15) is 17.5 Å². The van der Waals surface area contributed by atoms with Crippen molar-refractivity contribution >= 4 is 10.0 Å². The highest BCUT2D eigenvalue weighted by atomic mass is 32.2. The van der Waals surface area contributed by atoms with Crippen molar-refractivity contribution in [2.24, 2.45) is 0 Å². The molecule has 0 radical (unpaired) electrons. The molecule has 24 heavy (non-hydrogen) atoms. The molecule has 1 N–H and O–H groups in total. The minimum atomic E-state index is -4.69. The quantitative estimate of drug-likeness (QED) is 0.825. The smallest absolute Gasteiger partial charge is 0.329 e. The molecule has 134 valence electrons. The van der Waals surface area contributed by atoms with Gasteiger partial charge in [-0.25, -0.2) is 8.42 Å². The van der Waals surface area contributed by atoms with Crippen molar-refractivity contribution in [3.05, 3.63) is 41.5 Å². The Kier molecular flexibility index (Phi) is 5.72. The number of allylic oxidation sites excluding steroid dienone is 1. The Morgan fingerprint density at radius 1 is 1.21 bits per heavy atom. The van der Waals surface area contributed by atoms with Crippen LogP contribution in [0.3, 0.4) is 0 Å². The molecule has 1 fully saturated rings. The van der Waals surface area contributed by atoms with Crippen LogP contribution in [0.15, 0.2) is 40.8 Å². The van der Waals surface area contributed by atoms with Gasteiger partial charge in [-0.3, -0.25) is 0 Å². The van der Waals surface area contributed by atoms with Crippen LogP contribution in [0.1, 0.15) is 19.4 Å². The fourth-order valence-corrected chi connectivity index (χ4v) is 4.31. The number of benzene rings is 1. The Hall–Kier alpha value is -1.38. The molecule has 0 spiro atoms. The second-order valence-electron chi connectivity index (χ2n) is 6.13. The Balaban J connectivity index is 2.18. The molecule has 1 saturated heterocycles. The Labute approximate surface area is 140 Å². The molecule has 4 nitrogen and oxygen atoms in total. The zero-order chi connectivity index (χ0) is 18.0. The van der Waals surface area contributed by atoms with Crippen LogP contribution in [0.25, 0.3) is 0 Å². The summed E-state index contributed by atoms with van der Waals surface area (Å²) in [6, 6.07) is 4.35. The third-order valence-corrected chi connectivity index (χ3v) is 6.00. The molecule has 1 heterocycles. The van der Waals surface area contributed by atoms with E-state index in [1.165, 1.54) is 22.6 Å². The average molecular weight is 363 g/mol. The van der Waals surface area contributed by atoms with Crippen molar-refractivity contribution in [2.75, 3.05) is 32.7 Å². The highest BCUT2D eigenvalue weighted by molar-refractivity contribution is 7.89. The van der Waals surface area contributed by atoms with Crippen molar-refractivity contribution < 1.29 is 26.5 Å². The van der Waals surface area contributed by atoms with Gasteiger partial charge >= 0.3 is 6.18 Å². The van der Waals surface area contributed by atoms with E-state index in [1.54, 1.807) is 0 Å². The molecule has 0 saturated carbocycles. The number of nitrogens with one attached hydrogen (secondary N) is 1. The van der Waals surface area contributed by atoms with Crippen LogP contribution in [0, 0.1) is 0 Å². The van der Waals surface area contributed by atoms with Crippen molar-refractivity contribution in [1.82, 2.24) is 4.31 Å². The molecule has 2 rings (SSSR count). The lowest BCUT2D eigenvalue weighted by Crippen LogP contribution is -3.14. The zero-order valence-corrected chi connectivity index (χ0v) is 14.5. The van der Waals surface area contributed by atoms with Gasteiger partial charge in [-0.1, -0.05) is 17.7 Å². The van der Waals surface area contributed by atoms with E-state index in [2.05, 4.69) is 6.08 Å². The Bertz CT molecular complexity index is 702. The molecule has 0 bridgehead atoms. The number of hydrogen-bond donors (Lipinski definition) is 1. The summed E-state index contributed by atoms with van der Waals surface area (Å²) < 4.78 is 65.7. The summed E-state index contributed by atoms with van der Waals surface area (Å²) >= 11 is 0. The molecule has 0 amide bonds. The van der Waals surface area contributed by atoms with Crippen LogP contribution in [0.2, 0.25) is 0 Å². The van der Waals surface area contributed by atoms with Gasteiger partial charge in [-0.15, -0.1) is 0 Å². The summed E-state index contributed by atoms with van der Waals surface area (Å²) in [5, 5.41) is 0. The van der Waals surface area contributed by atoms with Crippen molar-refractivity contribution in [1.29, 1.82) is 0 Å². The topological polar surface area (TPSA) is 41.8 Å². The number of piperazine rings is 1. The van der Waals surface area contributed by atoms with E-state index in [0.717, 1.165) is 23.0 Å². The van der Waals surface area contributed by atoms with E-state index in [-0.39, 0.29) is 13.1 Å². The lowest BCUT2D eigenvalue weighted by atomic mass is 10.2. The predicted octanol–water partition coefficient (Wildman–Crippen LogP) is 1.56. The zero-order valence-electron chi connectivity index (χ0n) is 13.7. The lowest BCUT2D eigenvalue weighted by molar-refractivity contribution is -0.897. The first-order valence-electron chi connectivity index (χ1n) is 7.75. The first-order valence-corrected chi connectivity index (χ1v) is 9.19. The summed E-state index contributed by atoms with van der Waals surface area (Å²) in [7, 11) is -4.15. The third-order valence-electron chi connectivity index (χ3n) is 4.04. The highest BCUT2D eigenvalue weighted by Crippen LogP contribution is 2.35. The van der Waals surface area contributed by atoms with Crippen molar-refractivity contribution in [3.8, 4) is 0 Å². The number of alkyl halides is 3. The molecule has 0 unspecified atom stereocenters. The summed E-state index contributed by atoms with van der Waals surface area (Å²) in [6.45, 7) is 6.40. The van der Waals surface area contributed by atoms with Crippen LogP contribution >= 0.6 is 0 Å². The summed E-state index contributed by atoms with van der Waals surface area (Å²) in [5.41, 5.74) is 0.0842. The minimum Gasteiger partial charge on any atom is -0.329 e. The average Bonchev–Trinajstić information content (AvgIpc) is 2.52. The molecule has 1 aliphatic heterocycles. The van der Waals surface area contributed by atoms with Crippen LogP contribution in [-0.2, 0) is 16.2 Å². The molecule has 0 aromatic heterocycles. The SMILES string of the molecule is CC(C)=CC[NH+]1CCN(S(=O)(=O)c2ccccc2C(F)(F)F)CC1. The second kappa shape index (κ2) is 7.25. The highest BCUT2D eigenvalue weighted by Gasteiger charge is 2.39. The molecular weight excluding hydrogens is 341 g/mol. The van der Waals surface area contributed by atoms with Crippen molar-refractivity contribution in [3.63, 3.8) is 0 Å². The van der Waals surface area contributed by atoms with E-state index in [1.807, 2.05) is 13.8 Å². The van der Waals surface area contributed by atoms with Gasteiger partial charge in [-0.05, 0) is 32.1 Å². The number of sulfonamides is 1. The molecule has 8 heteroatoms. The van der Waals surface area contributed by atoms with E-state index in [0.29, 0.717) is 13.1 Å². The first kappa shape index (κ1) is 19.0. The second-order valence-corrected chi connectivity index (χ2v) is 8.04. The van der Waals surface area contributed by atoms with Gasteiger partial charge in [0.1, 0.15) is 0 Å². The summed E-state index contributed by atoms with van der Waals surface area (Å²) in [4.78, 5) is 0.567. The molecule has 1 aliphatic rings. The maximum Gasteiger partial charge on any atom is 0.417 e.